The van der Waals surface area contributed by atoms with Gasteiger partial charge in [-0.2, -0.15) is 0 Å². The summed E-state index contributed by atoms with van der Waals surface area (Å²) in [6.45, 7) is -0.0543. The predicted molar refractivity (Wildman–Crippen MR) is 107 cm³/mol. The van der Waals surface area contributed by atoms with Crippen LogP contribution in [0.3, 0.4) is 0 Å². The van der Waals surface area contributed by atoms with Crippen LogP contribution >= 0.6 is 11.6 Å². The van der Waals surface area contributed by atoms with Crippen LogP contribution in [-0.2, 0) is 21.2 Å². The van der Waals surface area contributed by atoms with Gasteiger partial charge in [0, 0.05) is 11.8 Å². The summed E-state index contributed by atoms with van der Waals surface area (Å²) in [6, 6.07) is 20.3. The molecule has 3 aromatic rings. The summed E-state index contributed by atoms with van der Waals surface area (Å²) >= 11 is 6.04. The summed E-state index contributed by atoms with van der Waals surface area (Å²) in [5.41, 5.74) is 0.654. The van der Waals surface area contributed by atoms with Gasteiger partial charge in [-0.25, -0.2) is 13.2 Å². The summed E-state index contributed by atoms with van der Waals surface area (Å²) in [7, 11) is -3.47. The molecule has 3 rings (SSSR count). The minimum atomic E-state index is -3.47. The molecule has 144 valence electrons. The molecule has 0 heterocycles. The maximum Gasteiger partial charge on any atom is 0.340 e. The number of para-hydroxylation sites is 2. The van der Waals surface area contributed by atoms with Crippen LogP contribution in [0.25, 0.3) is 0 Å². The first-order chi connectivity index (χ1) is 13.3. The second kappa shape index (κ2) is 8.46. The summed E-state index contributed by atoms with van der Waals surface area (Å²) in [6.07, 6.45) is 1.06. The van der Waals surface area contributed by atoms with Crippen molar-refractivity contribution in [1.29, 1.82) is 0 Å². The fraction of sp³-hybridized carbons (Fsp3) is 0.0952. The van der Waals surface area contributed by atoms with Crippen molar-refractivity contribution >= 4 is 27.4 Å². The highest BCUT2D eigenvalue weighted by Crippen LogP contribution is 2.27. The first-order valence-electron chi connectivity index (χ1n) is 8.32. The minimum Gasteiger partial charge on any atom is -0.457 e. The topological polar surface area (TPSA) is 69.7 Å². The molecule has 28 heavy (non-hydrogen) atoms. The zero-order chi connectivity index (χ0) is 20.1. The lowest BCUT2D eigenvalue weighted by molar-refractivity contribution is 0.0470. The summed E-state index contributed by atoms with van der Waals surface area (Å²) in [5.74, 6) is 0.493. The Kier molecular flexibility index (Phi) is 6.02. The van der Waals surface area contributed by atoms with E-state index in [9.17, 15) is 13.2 Å². The molecule has 0 atom stereocenters. The van der Waals surface area contributed by atoms with Gasteiger partial charge in [-0.3, -0.25) is 0 Å². The minimum absolute atomic E-state index is 0.00309. The molecule has 0 aliphatic heterocycles. The number of carbonyl (C=O) groups excluding carboxylic acids is 1. The highest BCUT2D eigenvalue weighted by Gasteiger charge is 2.17. The van der Waals surface area contributed by atoms with Crippen LogP contribution in [0.2, 0.25) is 5.02 Å². The highest BCUT2D eigenvalue weighted by molar-refractivity contribution is 7.90. The number of halogens is 1. The van der Waals surface area contributed by atoms with Crippen molar-refractivity contribution in [3.05, 3.63) is 88.9 Å². The van der Waals surface area contributed by atoms with Crippen molar-refractivity contribution in [2.45, 2.75) is 11.5 Å². The van der Waals surface area contributed by atoms with Crippen LogP contribution in [0.4, 0.5) is 0 Å². The predicted octanol–water partition coefficient (Wildman–Crippen LogP) is 4.89. The van der Waals surface area contributed by atoms with Crippen LogP contribution in [0.1, 0.15) is 15.9 Å². The fourth-order valence-electron chi connectivity index (χ4n) is 2.45. The van der Waals surface area contributed by atoms with Crippen LogP contribution in [0, 0.1) is 0 Å². The molecule has 0 aliphatic rings. The molecule has 5 nitrogen and oxygen atoms in total. The highest BCUT2D eigenvalue weighted by atomic mass is 35.5. The van der Waals surface area contributed by atoms with Gasteiger partial charge in [-0.05, 0) is 36.4 Å². The Morgan fingerprint density at radius 3 is 2.36 bits per heavy atom. The van der Waals surface area contributed by atoms with E-state index in [1.807, 2.05) is 36.4 Å². The van der Waals surface area contributed by atoms with Crippen molar-refractivity contribution < 1.29 is 22.7 Å². The van der Waals surface area contributed by atoms with Crippen LogP contribution in [-0.4, -0.2) is 20.6 Å². The lowest BCUT2D eigenvalue weighted by atomic mass is 10.2. The van der Waals surface area contributed by atoms with E-state index in [1.165, 1.54) is 18.2 Å². The van der Waals surface area contributed by atoms with Gasteiger partial charge in [0.15, 0.2) is 9.84 Å². The van der Waals surface area contributed by atoms with Gasteiger partial charge >= 0.3 is 5.97 Å². The second-order valence-corrected chi connectivity index (χ2v) is 8.44. The number of ether oxygens (including phenoxy) is 2. The van der Waals surface area contributed by atoms with Crippen molar-refractivity contribution in [3.8, 4) is 11.5 Å². The van der Waals surface area contributed by atoms with Gasteiger partial charge < -0.3 is 9.47 Å². The van der Waals surface area contributed by atoms with Crippen LogP contribution in [0.15, 0.2) is 77.7 Å². The largest absolute Gasteiger partial charge is 0.457 e. The number of rotatable bonds is 6. The maximum atomic E-state index is 12.4. The zero-order valence-electron chi connectivity index (χ0n) is 15.0. The first-order valence-corrected chi connectivity index (χ1v) is 10.6. The Morgan fingerprint density at radius 1 is 0.964 bits per heavy atom. The molecular weight excluding hydrogens is 400 g/mol. The number of hydrogen-bond acceptors (Lipinski definition) is 5. The molecule has 0 radical (unpaired) electrons. The molecular formula is C21H17ClO5S. The van der Waals surface area contributed by atoms with E-state index in [-0.39, 0.29) is 22.1 Å². The Bertz CT molecular complexity index is 1090. The van der Waals surface area contributed by atoms with E-state index in [2.05, 4.69) is 0 Å². The monoisotopic (exact) mass is 416 g/mol. The molecule has 3 aromatic carbocycles. The molecule has 0 unspecified atom stereocenters. The lowest BCUT2D eigenvalue weighted by Crippen LogP contribution is -2.08. The quantitative estimate of drug-likeness (QED) is 0.535. The third-order valence-electron chi connectivity index (χ3n) is 3.89. The molecule has 0 saturated heterocycles. The van der Waals surface area contributed by atoms with Gasteiger partial charge in [0.05, 0.1) is 15.5 Å². The molecule has 0 aliphatic carbocycles. The van der Waals surface area contributed by atoms with Gasteiger partial charge in [-0.1, -0.05) is 48.0 Å². The molecule has 0 aromatic heterocycles. The standard InChI is InChI=1S/C21H17ClO5S/c1-28(24,25)17-11-12-19(22)18(13-17)21(23)26-14-15-7-5-6-10-20(15)27-16-8-3-2-4-9-16/h2-13H,14H2,1H3. The smallest absolute Gasteiger partial charge is 0.340 e. The first kappa shape index (κ1) is 19.9. The van der Waals surface area contributed by atoms with Gasteiger partial charge in [0.2, 0.25) is 0 Å². The van der Waals surface area contributed by atoms with Gasteiger partial charge in [0.1, 0.15) is 18.1 Å². The number of sulfone groups is 1. The SMILES string of the molecule is CS(=O)(=O)c1ccc(Cl)c(C(=O)OCc2ccccc2Oc2ccccc2)c1. The second-order valence-electron chi connectivity index (χ2n) is 6.01. The van der Waals surface area contributed by atoms with Crippen LogP contribution in [0.5, 0.6) is 11.5 Å². The van der Waals surface area contributed by atoms with E-state index in [0.717, 1.165) is 6.26 Å². The third-order valence-corrected chi connectivity index (χ3v) is 5.33. The Morgan fingerprint density at radius 2 is 1.64 bits per heavy atom. The van der Waals surface area contributed by atoms with E-state index < -0.39 is 15.8 Å². The van der Waals surface area contributed by atoms with Crippen molar-refractivity contribution in [3.63, 3.8) is 0 Å². The molecule has 0 saturated carbocycles. The third kappa shape index (κ3) is 4.91. The normalized spacial score (nSPS) is 11.1. The Labute approximate surface area is 168 Å². The van der Waals surface area contributed by atoms with E-state index in [0.29, 0.717) is 17.1 Å². The summed E-state index contributed by atoms with van der Waals surface area (Å²) < 4.78 is 34.6. The van der Waals surface area contributed by atoms with Crippen molar-refractivity contribution in [2.24, 2.45) is 0 Å². The average Bonchev–Trinajstić information content (AvgIpc) is 2.67. The van der Waals surface area contributed by atoms with E-state index in [4.69, 9.17) is 21.1 Å². The molecule has 0 fully saturated rings. The van der Waals surface area contributed by atoms with Crippen molar-refractivity contribution in [2.75, 3.05) is 6.26 Å². The Balaban J connectivity index is 1.77. The Hall–Kier alpha value is -2.83. The van der Waals surface area contributed by atoms with E-state index >= 15 is 0 Å². The van der Waals surface area contributed by atoms with Crippen molar-refractivity contribution in [1.82, 2.24) is 0 Å². The molecule has 0 spiro atoms. The number of esters is 1. The number of carbonyl (C=O) groups is 1. The lowest BCUT2D eigenvalue weighted by Gasteiger charge is -2.12. The maximum absolute atomic E-state index is 12.4. The average molecular weight is 417 g/mol. The van der Waals surface area contributed by atoms with Gasteiger partial charge in [-0.15, -0.1) is 0 Å². The number of benzene rings is 3. The summed E-state index contributed by atoms with van der Waals surface area (Å²) in [5, 5.41) is 0.117. The molecule has 0 N–H and O–H groups in total. The van der Waals surface area contributed by atoms with E-state index in [1.54, 1.807) is 18.2 Å². The van der Waals surface area contributed by atoms with Crippen LogP contribution < -0.4 is 4.74 Å². The fourth-order valence-corrected chi connectivity index (χ4v) is 3.29. The molecule has 0 amide bonds. The molecule has 0 bridgehead atoms. The zero-order valence-corrected chi connectivity index (χ0v) is 16.5. The van der Waals surface area contributed by atoms with Gasteiger partial charge in [0.25, 0.3) is 0 Å². The summed E-state index contributed by atoms with van der Waals surface area (Å²) in [4.78, 5) is 12.4. The molecule has 7 heteroatoms. The number of hydrogen-bond donors (Lipinski definition) is 0.